The number of oxazole rings is 1. The molecule has 2 unspecified atom stereocenters. The average molecular weight is 390 g/mol. The second-order valence-electron chi connectivity index (χ2n) is 7.75. The number of aromatic nitrogens is 1. The van der Waals surface area contributed by atoms with E-state index < -0.39 is 0 Å². The maximum absolute atomic E-state index is 12.3. The Morgan fingerprint density at radius 2 is 2.07 bits per heavy atom. The number of rotatable bonds is 6. The van der Waals surface area contributed by atoms with Crippen molar-refractivity contribution in [2.45, 2.75) is 44.9 Å². The summed E-state index contributed by atoms with van der Waals surface area (Å²) in [6.07, 6.45) is 7.15. The molecular formula is C21H28ClN3O2. The molecule has 2 aromatic rings. The summed E-state index contributed by atoms with van der Waals surface area (Å²) in [5, 5.41) is 6.45. The lowest BCUT2D eigenvalue weighted by Crippen LogP contribution is -2.34. The van der Waals surface area contributed by atoms with Crippen LogP contribution in [0.5, 0.6) is 0 Å². The van der Waals surface area contributed by atoms with Gasteiger partial charge in [0.25, 0.3) is 0 Å². The number of amides is 1. The van der Waals surface area contributed by atoms with E-state index >= 15 is 0 Å². The zero-order valence-corrected chi connectivity index (χ0v) is 16.6. The third-order valence-electron chi connectivity index (χ3n) is 5.55. The summed E-state index contributed by atoms with van der Waals surface area (Å²) in [6.45, 7) is 4.32. The first-order chi connectivity index (χ1) is 12.7. The number of benzene rings is 1. The molecule has 2 atom stereocenters. The Hall–Kier alpha value is -1.85. The van der Waals surface area contributed by atoms with Gasteiger partial charge >= 0.3 is 0 Å². The normalized spacial score (nSPS) is 20.6. The molecule has 1 saturated heterocycles. The number of hydrogen-bond acceptors (Lipinski definition) is 4. The third kappa shape index (κ3) is 5.11. The van der Waals surface area contributed by atoms with Gasteiger partial charge in [0.15, 0.2) is 11.7 Å². The van der Waals surface area contributed by atoms with Crippen LogP contribution in [-0.4, -0.2) is 24.0 Å². The minimum Gasteiger partial charge on any atom is -0.440 e. The highest BCUT2D eigenvalue weighted by atomic mass is 35.5. The topological polar surface area (TPSA) is 67.2 Å². The SMILES string of the molecule is CC(CC(=O)Nc1ccc(-c2cnc(C3CC3)o2)cc1)C1CCCNC1.Cl. The summed E-state index contributed by atoms with van der Waals surface area (Å²) in [7, 11) is 0. The molecule has 1 aliphatic carbocycles. The molecule has 2 fully saturated rings. The van der Waals surface area contributed by atoms with E-state index in [1.165, 1.54) is 25.7 Å². The van der Waals surface area contributed by atoms with Crippen molar-refractivity contribution in [1.29, 1.82) is 0 Å². The largest absolute Gasteiger partial charge is 0.440 e. The van der Waals surface area contributed by atoms with Crippen molar-refractivity contribution < 1.29 is 9.21 Å². The molecule has 1 aliphatic heterocycles. The molecule has 2 aliphatic rings. The van der Waals surface area contributed by atoms with Gasteiger partial charge in [-0.3, -0.25) is 4.79 Å². The van der Waals surface area contributed by atoms with E-state index in [1.54, 1.807) is 6.20 Å². The van der Waals surface area contributed by atoms with Crippen molar-refractivity contribution in [2.24, 2.45) is 11.8 Å². The van der Waals surface area contributed by atoms with Gasteiger partial charge < -0.3 is 15.1 Å². The van der Waals surface area contributed by atoms with Gasteiger partial charge in [-0.15, -0.1) is 12.4 Å². The summed E-state index contributed by atoms with van der Waals surface area (Å²) in [5.41, 5.74) is 1.82. The molecule has 1 aromatic carbocycles. The maximum Gasteiger partial charge on any atom is 0.224 e. The lowest BCUT2D eigenvalue weighted by atomic mass is 9.85. The van der Waals surface area contributed by atoms with Crippen molar-refractivity contribution in [1.82, 2.24) is 10.3 Å². The van der Waals surface area contributed by atoms with Crippen LogP contribution in [0, 0.1) is 11.8 Å². The monoisotopic (exact) mass is 389 g/mol. The quantitative estimate of drug-likeness (QED) is 0.757. The molecule has 0 bridgehead atoms. The van der Waals surface area contributed by atoms with E-state index in [1.807, 2.05) is 24.3 Å². The molecule has 4 rings (SSSR count). The Balaban J connectivity index is 0.00000210. The van der Waals surface area contributed by atoms with Crippen LogP contribution in [0.1, 0.15) is 50.8 Å². The Morgan fingerprint density at radius 3 is 2.74 bits per heavy atom. The van der Waals surface area contributed by atoms with Gasteiger partial charge in [0.1, 0.15) is 0 Å². The zero-order chi connectivity index (χ0) is 17.9. The second-order valence-corrected chi connectivity index (χ2v) is 7.75. The summed E-state index contributed by atoms with van der Waals surface area (Å²) in [4.78, 5) is 16.7. The highest BCUT2D eigenvalue weighted by Gasteiger charge is 2.28. The first-order valence-corrected chi connectivity index (χ1v) is 9.76. The predicted octanol–water partition coefficient (Wildman–Crippen LogP) is 4.61. The van der Waals surface area contributed by atoms with E-state index in [0.717, 1.165) is 36.0 Å². The molecular weight excluding hydrogens is 362 g/mol. The van der Waals surface area contributed by atoms with Gasteiger partial charge in [-0.1, -0.05) is 6.92 Å². The summed E-state index contributed by atoms with van der Waals surface area (Å²) in [6, 6.07) is 7.81. The molecule has 27 heavy (non-hydrogen) atoms. The van der Waals surface area contributed by atoms with Crippen molar-refractivity contribution in [3.8, 4) is 11.3 Å². The van der Waals surface area contributed by atoms with Crippen molar-refractivity contribution in [3.05, 3.63) is 36.4 Å². The molecule has 0 spiro atoms. The molecule has 6 heteroatoms. The fourth-order valence-electron chi connectivity index (χ4n) is 3.69. The fraction of sp³-hybridized carbons (Fsp3) is 0.524. The van der Waals surface area contributed by atoms with Crippen LogP contribution in [0.15, 0.2) is 34.9 Å². The number of anilines is 1. The number of nitrogens with one attached hydrogen (secondary N) is 2. The summed E-state index contributed by atoms with van der Waals surface area (Å²) < 4.78 is 5.83. The smallest absolute Gasteiger partial charge is 0.224 e. The van der Waals surface area contributed by atoms with E-state index in [9.17, 15) is 4.79 Å². The summed E-state index contributed by atoms with van der Waals surface area (Å²) >= 11 is 0. The van der Waals surface area contributed by atoms with Gasteiger partial charge in [-0.25, -0.2) is 4.98 Å². The molecule has 146 valence electrons. The van der Waals surface area contributed by atoms with Crippen LogP contribution in [0.25, 0.3) is 11.3 Å². The molecule has 1 aromatic heterocycles. The number of halogens is 1. The Bertz CT molecular complexity index is 749. The van der Waals surface area contributed by atoms with Crippen molar-refractivity contribution >= 4 is 24.0 Å². The van der Waals surface area contributed by atoms with Crippen LogP contribution in [0.4, 0.5) is 5.69 Å². The standard InChI is InChI=1S/C21H27N3O2.ClH/c1-14(17-3-2-10-22-12-17)11-20(25)24-18-8-6-15(7-9-18)19-13-23-21(26-19)16-4-5-16;/h6-9,13-14,16-17,22H,2-5,10-12H2,1H3,(H,24,25);1H. The van der Waals surface area contributed by atoms with E-state index in [0.29, 0.717) is 24.2 Å². The predicted molar refractivity (Wildman–Crippen MR) is 109 cm³/mol. The van der Waals surface area contributed by atoms with Crippen molar-refractivity contribution in [3.63, 3.8) is 0 Å². The molecule has 2 N–H and O–H groups in total. The Kier molecular flexibility index (Phi) is 6.55. The van der Waals surface area contributed by atoms with Crippen LogP contribution in [0.3, 0.4) is 0 Å². The minimum absolute atomic E-state index is 0. The molecule has 1 amide bonds. The minimum atomic E-state index is 0. The lowest BCUT2D eigenvalue weighted by molar-refractivity contribution is -0.117. The number of hydrogen-bond donors (Lipinski definition) is 2. The van der Waals surface area contributed by atoms with Crippen molar-refractivity contribution in [2.75, 3.05) is 18.4 Å². The first-order valence-electron chi connectivity index (χ1n) is 9.76. The zero-order valence-electron chi connectivity index (χ0n) is 15.7. The van der Waals surface area contributed by atoms with Gasteiger partial charge in [-0.2, -0.15) is 0 Å². The first kappa shape index (κ1) is 19.9. The molecule has 2 heterocycles. The van der Waals surface area contributed by atoms with Gasteiger partial charge in [-0.05, 0) is 74.9 Å². The molecule has 1 saturated carbocycles. The average Bonchev–Trinajstić information content (AvgIpc) is 3.40. The van der Waals surface area contributed by atoms with E-state index in [4.69, 9.17) is 4.42 Å². The van der Waals surface area contributed by atoms with Gasteiger partial charge in [0.2, 0.25) is 5.91 Å². The van der Waals surface area contributed by atoms with E-state index in [-0.39, 0.29) is 18.3 Å². The summed E-state index contributed by atoms with van der Waals surface area (Å²) in [5.74, 6) is 3.25. The van der Waals surface area contributed by atoms with Crippen LogP contribution in [0.2, 0.25) is 0 Å². The molecule has 5 nitrogen and oxygen atoms in total. The van der Waals surface area contributed by atoms with Gasteiger partial charge in [0, 0.05) is 23.6 Å². The maximum atomic E-state index is 12.3. The highest BCUT2D eigenvalue weighted by Crippen LogP contribution is 2.40. The van der Waals surface area contributed by atoms with E-state index in [2.05, 4.69) is 22.5 Å². The number of nitrogens with zero attached hydrogens (tertiary/aromatic N) is 1. The Morgan fingerprint density at radius 1 is 1.30 bits per heavy atom. The number of piperidine rings is 1. The van der Waals surface area contributed by atoms with Gasteiger partial charge in [0.05, 0.1) is 6.20 Å². The molecule has 0 radical (unpaired) electrons. The van der Waals surface area contributed by atoms with Crippen LogP contribution < -0.4 is 10.6 Å². The van der Waals surface area contributed by atoms with Crippen LogP contribution >= 0.6 is 12.4 Å². The second kappa shape index (κ2) is 8.89. The van der Waals surface area contributed by atoms with Crippen LogP contribution in [-0.2, 0) is 4.79 Å². The Labute approximate surface area is 166 Å². The third-order valence-corrected chi connectivity index (χ3v) is 5.55. The highest BCUT2D eigenvalue weighted by molar-refractivity contribution is 5.91. The number of carbonyl (C=O) groups excluding carboxylic acids is 1. The fourth-order valence-corrected chi connectivity index (χ4v) is 3.69. The number of carbonyl (C=O) groups is 1. The lowest BCUT2D eigenvalue weighted by Gasteiger charge is -2.28.